The first-order valence-electron chi connectivity index (χ1n) is 4.50. The van der Waals surface area contributed by atoms with Gasteiger partial charge in [0.25, 0.3) is 0 Å². The van der Waals surface area contributed by atoms with Gasteiger partial charge in [0, 0.05) is 16.0 Å². The van der Waals surface area contributed by atoms with E-state index in [1.807, 2.05) is 31.4 Å². The molecule has 2 aromatic rings. The van der Waals surface area contributed by atoms with Crippen LogP contribution in [0.15, 0.2) is 27.9 Å². The molecule has 1 aromatic carbocycles. The standard InChI is InChI=1S/C11H10INOS/c1-6-9(12)11(14)7-4-3-5-8(15-2)10(7)13-6/h3-5H,1-2H3,(H,13,14). The van der Waals surface area contributed by atoms with Crippen molar-refractivity contribution in [2.45, 2.75) is 11.8 Å². The van der Waals surface area contributed by atoms with E-state index in [2.05, 4.69) is 27.6 Å². The van der Waals surface area contributed by atoms with Crippen LogP contribution in [0, 0.1) is 10.5 Å². The molecule has 0 amide bonds. The number of fused-ring (bicyclic) bond motifs is 1. The molecular weight excluding hydrogens is 321 g/mol. The second kappa shape index (κ2) is 4.17. The highest BCUT2D eigenvalue weighted by molar-refractivity contribution is 14.1. The number of para-hydroxylation sites is 1. The lowest BCUT2D eigenvalue weighted by Crippen LogP contribution is -2.09. The fraction of sp³-hybridized carbons (Fsp3) is 0.182. The molecule has 0 atom stereocenters. The maximum absolute atomic E-state index is 12.0. The summed E-state index contributed by atoms with van der Waals surface area (Å²) in [5.74, 6) is 0. The molecule has 0 unspecified atom stereocenters. The van der Waals surface area contributed by atoms with Crippen LogP contribution in [0.5, 0.6) is 0 Å². The Morgan fingerprint density at radius 1 is 1.40 bits per heavy atom. The quantitative estimate of drug-likeness (QED) is 0.643. The van der Waals surface area contributed by atoms with Crippen molar-refractivity contribution >= 4 is 45.3 Å². The van der Waals surface area contributed by atoms with Gasteiger partial charge in [-0.05, 0) is 47.9 Å². The van der Waals surface area contributed by atoms with Crippen molar-refractivity contribution < 1.29 is 0 Å². The van der Waals surface area contributed by atoms with Crippen LogP contribution >= 0.6 is 34.4 Å². The summed E-state index contributed by atoms with van der Waals surface area (Å²) in [5.41, 5.74) is 2.01. The van der Waals surface area contributed by atoms with Gasteiger partial charge < -0.3 is 4.98 Å². The predicted molar refractivity (Wildman–Crippen MR) is 73.8 cm³/mol. The van der Waals surface area contributed by atoms with Crippen molar-refractivity contribution in [3.63, 3.8) is 0 Å². The second-order valence-electron chi connectivity index (χ2n) is 3.28. The first kappa shape index (κ1) is 11.0. The van der Waals surface area contributed by atoms with E-state index < -0.39 is 0 Å². The van der Waals surface area contributed by atoms with Crippen LogP contribution in [-0.2, 0) is 0 Å². The number of hydrogen-bond donors (Lipinski definition) is 1. The third-order valence-corrected chi connectivity index (χ3v) is 4.41. The topological polar surface area (TPSA) is 32.9 Å². The van der Waals surface area contributed by atoms with E-state index in [4.69, 9.17) is 0 Å². The molecule has 4 heteroatoms. The largest absolute Gasteiger partial charge is 0.357 e. The molecule has 0 aliphatic rings. The smallest absolute Gasteiger partial charge is 0.202 e. The number of thioether (sulfide) groups is 1. The van der Waals surface area contributed by atoms with Crippen LogP contribution in [0.3, 0.4) is 0 Å². The summed E-state index contributed by atoms with van der Waals surface area (Å²) in [7, 11) is 0. The van der Waals surface area contributed by atoms with Crippen molar-refractivity contribution in [3.05, 3.63) is 37.7 Å². The minimum atomic E-state index is 0.123. The molecule has 1 N–H and O–H groups in total. The normalized spacial score (nSPS) is 10.9. The number of aromatic amines is 1. The maximum atomic E-state index is 12.0. The Hall–Kier alpha value is -0.490. The first-order valence-corrected chi connectivity index (χ1v) is 6.80. The maximum Gasteiger partial charge on any atom is 0.202 e. The highest BCUT2D eigenvalue weighted by Crippen LogP contribution is 2.23. The van der Waals surface area contributed by atoms with Gasteiger partial charge in [0.1, 0.15) is 0 Å². The Morgan fingerprint density at radius 2 is 2.13 bits per heavy atom. The summed E-state index contributed by atoms with van der Waals surface area (Å²) in [5, 5.41) is 0.775. The lowest BCUT2D eigenvalue weighted by molar-refractivity contribution is 1.19. The molecule has 1 aromatic heterocycles. The van der Waals surface area contributed by atoms with Crippen molar-refractivity contribution in [2.24, 2.45) is 0 Å². The summed E-state index contributed by atoms with van der Waals surface area (Å²) in [6.07, 6.45) is 2.01. The SMILES string of the molecule is CSc1cccc2c(=O)c(I)c(C)[nH]c12. The van der Waals surface area contributed by atoms with E-state index in [0.717, 1.165) is 25.1 Å². The molecule has 15 heavy (non-hydrogen) atoms. The van der Waals surface area contributed by atoms with Crippen LogP contribution < -0.4 is 5.43 Å². The number of rotatable bonds is 1. The van der Waals surface area contributed by atoms with E-state index in [1.54, 1.807) is 11.8 Å². The highest BCUT2D eigenvalue weighted by Gasteiger charge is 2.08. The zero-order chi connectivity index (χ0) is 11.0. The number of hydrogen-bond acceptors (Lipinski definition) is 2. The van der Waals surface area contributed by atoms with E-state index in [0.29, 0.717) is 0 Å². The lowest BCUT2D eigenvalue weighted by Gasteiger charge is -2.06. The minimum Gasteiger partial charge on any atom is -0.357 e. The number of H-pyrrole nitrogens is 1. The van der Waals surface area contributed by atoms with E-state index >= 15 is 0 Å². The number of benzene rings is 1. The summed E-state index contributed by atoms with van der Waals surface area (Å²) >= 11 is 3.74. The molecule has 0 bridgehead atoms. The summed E-state index contributed by atoms with van der Waals surface area (Å²) < 4.78 is 0.776. The Labute approximate surface area is 106 Å². The zero-order valence-electron chi connectivity index (χ0n) is 8.43. The average Bonchev–Trinajstić information content (AvgIpc) is 2.25. The molecule has 78 valence electrons. The van der Waals surface area contributed by atoms with Gasteiger partial charge in [-0.3, -0.25) is 4.79 Å². The van der Waals surface area contributed by atoms with E-state index in [-0.39, 0.29) is 5.43 Å². The van der Waals surface area contributed by atoms with Gasteiger partial charge >= 0.3 is 0 Å². The van der Waals surface area contributed by atoms with Crippen LogP contribution in [0.2, 0.25) is 0 Å². The Kier molecular flexibility index (Phi) is 3.06. The predicted octanol–water partition coefficient (Wildman–Crippen LogP) is 3.16. The zero-order valence-corrected chi connectivity index (χ0v) is 11.4. The first-order chi connectivity index (χ1) is 7.15. The van der Waals surface area contributed by atoms with Gasteiger partial charge in [0.2, 0.25) is 5.43 Å². The van der Waals surface area contributed by atoms with E-state index in [1.165, 1.54) is 0 Å². The molecular formula is C11H10INOS. The van der Waals surface area contributed by atoms with Gasteiger partial charge in [-0.2, -0.15) is 0 Å². The molecule has 0 aliphatic carbocycles. The van der Waals surface area contributed by atoms with Crippen molar-refractivity contribution in [1.29, 1.82) is 0 Å². The molecule has 0 aliphatic heterocycles. The van der Waals surface area contributed by atoms with Gasteiger partial charge in [-0.1, -0.05) is 6.07 Å². The number of aromatic nitrogens is 1. The minimum absolute atomic E-state index is 0.123. The molecule has 1 heterocycles. The monoisotopic (exact) mass is 331 g/mol. The molecule has 0 saturated carbocycles. The fourth-order valence-electron chi connectivity index (χ4n) is 1.55. The molecule has 2 rings (SSSR count). The van der Waals surface area contributed by atoms with Crippen LogP contribution in [-0.4, -0.2) is 11.2 Å². The lowest BCUT2D eigenvalue weighted by atomic mass is 10.2. The van der Waals surface area contributed by atoms with Gasteiger partial charge in [-0.25, -0.2) is 0 Å². The summed E-state index contributed by atoms with van der Waals surface area (Å²) in [6, 6.07) is 5.82. The van der Waals surface area contributed by atoms with Gasteiger partial charge in [-0.15, -0.1) is 11.8 Å². The summed E-state index contributed by atoms with van der Waals surface area (Å²) in [4.78, 5) is 16.4. The van der Waals surface area contributed by atoms with Crippen LogP contribution in [0.1, 0.15) is 5.69 Å². The third kappa shape index (κ3) is 1.80. The third-order valence-electron chi connectivity index (χ3n) is 2.33. The van der Waals surface area contributed by atoms with Crippen LogP contribution in [0.25, 0.3) is 10.9 Å². The Balaban J connectivity index is 2.98. The molecule has 0 spiro atoms. The fourth-order valence-corrected chi connectivity index (χ4v) is 2.56. The van der Waals surface area contributed by atoms with E-state index in [9.17, 15) is 4.79 Å². The number of halogens is 1. The highest BCUT2D eigenvalue weighted by atomic mass is 127. The van der Waals surface area contributed by atoms with Gasteiger partial charge in [0.05, 0.1) is 9.09 Å². The Bertz CT molecular complexity index is 577. The molecule has 0 fully saturated rings. The van der Waals surface area contributed by atoms with Crippen molar-refractivity contribution in [3.8, 4) is 0 Å². The number of pyridine rings is 1. The second-order valence-corrected chi connectivity index (χ2v) is 5.20. The van der Waals surface area contributed by atoms with Gasteiger partial charge in [0.15, 0.2) is 0 Å². The Morgan fingerprint density at radius 3 is 2.80 bits per heavy atom. The molecule has 0 radical (unpaired) electrons. The van der Waals surface area contributed by atoms with Crippen molar-refractivity contribution in [2.75, 3.05) is 6.26 Å². The average molecular weight is 331 g/mol. The molecule has 2 nitrogen and oxygen atoms in total. The van der Waals surface area contributed by atoms with Crippen LogP contribution in [0.4, 0.5) is 0 Å². The number of aryl methyl sites for hydroxylation is 1. The summed E-state index contributed by atoms with van der Waals surface area (Å²) in [6.45, 7) is 1.93. The van der Waals surface area contributed by atoms with Crippen molar-refractivity contribution in [1.82, 2.24) is 4.98 Å². The number of nitrogens with one attached hydrogen (secondary N) is 1. The molecule has 0 saturated heterocycles.